The zero-order chi connectivity index (χ0) is 22.9. The van der Waals surface area contributed by atoms with Crippen molar-refractivity contribution in [2.75, 3.05) is 16.0 Å². The molecule has 1 N–H and O–H groups in total. The van der Waals surface area contributed by atoms with Crippen molar-refractivity contribution >= 4 is 45.7 Å². The molecular weight excluding hydrogens is 442 g/mol. The van der Waals surface area contributed by atoms with Gasteiger partial charge in [0.25, 0.3) is 5.91 Å². The van der Waals surface area contributed by atoms with Crippen LogP contribution in [0, 0.1) is 11.6 Å². The van der Waals surface area contributed by atoms with Crippen LogP contribution >= 0.6 is 11.8 Å². The summed E-state index contributed by atoms with van der Waals surface area (Å²) in [7, 11) is 0. The van der Waals surface area contributed by atoms with Gasteiger partial charge < -0.3 is 5.32 Å². The van der Waals surface area contributed by atoms with E-state index in [4.69, 9.17) is 0 Å². The fourth-order valence-electron chi connectivity index (χ4n) is 4.03. The first-order valence-corrected chi connectivity index (χ1v) is 11.3. The van der Waals surface area contributed by atoms with Gasteiger partial charge in [0.1, 0.15) is 17.0 Å². The Bertz CT molecular complexity index is 1390. The van der Waals surface area contributed by atoms with Crippen molar-refractivity contribution in [3.63, 3.8) is 0 Å². The third-order valence-electron chi connectivity index (χ3n) is 5.55. The molecule has 5 rings (SSSR count). The maximum atomic E-state index is 14.5. The van der Waals surface area contributed by atoms with Crippen LogP contribution in [0.5, 0.6) is 0 Å². The minimum atomic E-state index is -0.812. The van der Waals surface area contributed by atoms with Crippen molar-refractivity contribution in [1.82, 2.24) is 0 Å². The molecule has 1 atom stereocenters. The minimum Gasteiger partial charge on any atom is -0.322 e. The summed E-state index contributed by atoms with van der Waals surface area (Å²) in [6.45, 7) is 0. The molecule has 33 heavy (non-hydrogen) atoms. The van der Waals surface area contributed by atoms with Gasteiger partial charge in [0.15, 0.2) is 0 Å². The SMILES string of the molecule is O=C(Nc1ccccc1[C@@H]1SCC(=O)N1c1ccc(F)cc1F)c1cccc2ccccc12. The highest BCUT2D eigenvalue weighted by molar-refractivity contribution is 8.00. The average molecular weight is 461 g/mol. The van der Waals surface area contributed by atoms with Gasteiger partial charge in [-0.1, -0.05) is 54.6 Å². The maximum Gasteiger partial charge on any atom is 0.256 e. The number of carbonyl (C=O) groups is 2. The first-order valence-electron chi connectivity index (χ1n) is 10.3. The van der Waals surface area contributed by atoms with Gasteiger partial charge in [-0.05, 0) is 35.0 Å². The highest BCUT2D eigenvalue weighted by Crippen LogP contribution is 2.45. The summed E-state index contributed by atoms with van der Waals surface area (Å²) in [5, 5.41) is 4.18. The number of halogens is 2. The lowest BCUT2D eigenvalue weighted by Crippen LogP contribution is -2.29. The predicted molar refractivity (Wildman–Crippen MR) is 127 cm³/mol. The number of hydrogen-bond donors (Lipinski definition) is 1. The van der Waals surface area contributed by atoms with Crippen molar-refractivity contribution in [2.45, 2.75) is 5.37 Å². The van der Waals surface area contributed by atoms with E-state index in [0.717, 1.165) is 22.9 Å². The topological polar surface area (TPSA) is 49.4 Å². The van der Waals surface area contributed by atoms with Crippen LogP contribution in [-0.4, -0.2) is 17.6 Å². The van der Waals surface area contributed by atoms with E-state index < -0.39 is 17.0 Å². The normalized spacial score (nSPS) is 15.8. The number of hydrogen-bond acceptors (Lipinski definition) is 3. The van der Waals surface area contributed by atoms with E-state index in [1.807, 2.05) is 36.4 Å². The smallest absolute Gasteiger partial charge is 0.256 e. The van der Waals surface area contributed by atoms with Crippen molar-refractivity contribution < 1.29 is 18.4 Å². The first kappa shape index (κ1) is 21.2. The van der Waals surface area contributed by atoms with Crippen molar-refractivity contribution in [3.05, 3.63) is 108 Å². The zero-order valence-electron chi connectivity index (χ0n) is 17.3. The summed E-state index contributed by atoms with van der Waals surface area (Å²) >= 11 is 1.32. The van der Waals surface area contributed by atoms with E-state index in [1.54, 1.807) is 30.3 Å². The Hall–Kier alpha value is -3.71. The predicted octanol–water partition coefficient (Wildman–Crippen LogP) is 6.15. The van der Waals surface area contributed by atoms with Crippen LogP contribution in [-0.2, 0) is 4.79 Å². The summed E-state index contributed by atoms with van der Waals surface area (Å²) < 4.78 is 28.0. The molecule has 0 saturated carbocycles. The molecule has 1 aliphatic rings. The van der Waals surface area contributed by atoms with Crippen LogP contribution < -0.4 is 10.2 Å². The molecule has 0 aromatic heterocycles. The van der Waals surface area contributed by atoms with E-state index >= 15 is 0 Å². The number of fused-ring (bicyclic) bond motifs is 1. The molecule has 1 aliphatic heterocycles. The molecule has 2 amide bonds. The molecule has 164 valence electrons. The molecule has 1 heterocycles. The molecule has 4 aromatic carbocycles. The van der Waals surface area contributed by atoms with Crippen molar-refractivity contribution in [2.24, 2.45) is 0 Å². The van der Waals surface area contributed by atoms with Gasteiger partial charge in [-0.3, -0.25) is 14.5 Å². The van der Waals surface area contributed by atoms with Gasteiger partial charge in [0.05, 0.1) is 11.4 Å². The van der Waals surface area contributed by atoms with Gasteiger partial charge >= 0.3 is 0 Å². The molecule has 0 aliphatic carbocycles. The highest BCUT2D eigenvalue weighted by Gasteiger charge is 2.37. The molecule has 1 saturated heterocycles. The van der Waals surface area contributed by atoms with Gasteiger partial charge in [0, 0.05) is 22.9 Å². The van der Waals surface area contributed by atoms with Crippen LogP contribution in [0.4, 0.5) is 20.2 Å². The quantitative estimate of drug-likeness (QED) is 0.397. The lowest BCUT2D eigenvalue weighted by Gasteiger charge is -2.26. The summed E-state index contributed by atoms with van der Waals surface area (Å²) in [5.74, 6) is -1.95. The van der Waals surface area contributed by atoms with E-state index in [-0.39, 0.29) is 23.3 Å². The lowest BCUT2D eigenvalue weighted by molar-refractivity contribution is -0.115. The Morgan fingerprint density at radius 1 is 0.939 bits per heavy atom. The van der Waals surface area contributed by atoms with Gasteiger partial charge in [0.2, 0.25) is 5.91 Å². The van der Waals surface area contributed by atoms with Crippen LogP contribution in [0.1, 0.15) is 21.3 Å². The molecule has 0 bridgehead atoms. The first-order chi connectivity index (χ1) is 16.0. The number of benzene rings is 4. The average Bonchev–Trinajstić information content (AvgIpc) is 3.20. The Kier molecular flexibility index (Phi) is 5.56. The molecule has 0 unspecified atom stereocenters. The number of para-hydroxylation sites is 1. The Morgan fingerprint density at radius 3 is 2.55 bits per heavy atom. The monoisotopic (exact) mass is 460 g/mol. The third-order valence-corrected chi connectivity index (χ3v) is 6.74. The fraction of sp³-hybridized carbons (Fsp3) is 0.0769. The molecular formula is C26H18F2N2O2S. The number of thioether (sulfide) groups is 1. The van der Waals surface area contributed by atoms with E-state index in [2.05, 4.69) is 5.32 Å². The number of carbonyl (C=O) groups excluding carboxylic acids is 2. The van der Waals surface area contributed by atoms with Gasteiger partial charge in [-0.2, -0.15) is 0 Å². The molecule has 4 nitrogen and oxygen atoms in total. The van der Waals surface area contributed by atoms with E-state index in [1.165, 1.54) is 22.7 Å². The summed E-state index contributed by atoms with van der Waals surface area (Å²) in [5.41, 5.74) is 1.71. The second-order valence-corrected chi connectivity index (χ2v) is 8.66. The number of nitrogens with one attached hydrogen (secondary N) is 1. The molecule has 0 radical (unpaired) electrons. The summed E-state index contributed by atoms with van der Waals surface area (Å²) in [6.07, 6.45) is 0. The van der Waals surface area contributed by atoms with Gasteiger partial charge in [-0.25, -0.2) is 8.78 Å². The van der Waals surface area contributed by atoms with Crippen LogP contribution in [0.15, 0.2) is 84.9 Å². The summed E-state index contributed by atoms with van der Waals surface area (Å²) in [4.78, 5) is 27.2. The third kappa shape index (κ3) is 3.96. The second-order valence-electron chi connectivity index (χ2n) is 7.59. The van der Waals surface area contributed by atoms with E-state index in [0.29, 0.717) is 16.8 Å². The summed E-state index contributed by atoms with van der Waals surface area (Å²) in [6, 6.07) is 23.4. The zero-order valence-corrected chi connectivity index (χ0v) is 18.1. The number of anilines is 2. The Labute approximate surface area is 193 Å². The standard InChI is InChI=1S/C26H18F2N2O2S/c27-17-12-13-23(21(28)14-17)30-24(31)15-33-26(30)20-9-3-4-11-22(20)29-25(32)19-10-5-7-16-6-1-2-8-18(16)19/h1-14,26H,15H2,(H,29,32)/t26-/m0/s1. The number of rotatable bonds is 4. The molecule has 4 aromatic rings. The number of nitrogens with zero attached hydrogens (tertiary/aromatic N) is 1. The Morgan fingerprint density at radius 2 is 1.70 bits per heavy atom. The number of amides is 2. The maximum absolute atomic E-state index is 14.5. The molecule has 0 spiro atoms. The van der Waals surface area contributed by atoms with Gasteiger partial charge in [-0.15, -0.1) is 11.8 Å². The van der Waals surface area contributed by atoms with Crippen LogP contribution in [0.25, 0.3) is 10.8 Å². The van der Waals surface area contributed by atoms with Crippen molar-refractivity contribution in [3.8, 4) is 0 Å². The van der Waals surface area contributed by atoms with Crippen LogP contribution in [0.3, 0.4) is 0 Å². The van der Waals surface area contributed by atoms with Crippen LogP contribution in [0.2, 0.25) is 0 Å². The molecule has 7 heteroatoms. The lowest BCUT2D eigenvalue weighted by atomic mass is 10.0. The van der Waals surface area contributed by atoms with E-state index in [9.17, 15) is 18.4 Å². The Balaban J connectivity index is 1.51. The fourth-order valence-corrected chi connectivity index (χ4v) is 5.24. The minimum absolute atomic E-state index is 0.00610. The second kappa shape index (κ2) is 8.67. The molecule has 1 fully saturated rings. The highest BCUT2D eigenvalue weighted by atomic mass is 32.2. The van der Waals surface area contributed by atoms with Crippen molar-refractivity contribution in [1.29, 1.82) is 0 Å². The largest absolute Gasteiger partial charge is 0.322 e.